The van der Waals surface area contributed by atoms with E-state index < -0.39 is 67.3 Å². The quantitative estimate of drug-likeness (QED) is 0.265. The summed E-state index contributed by atoms with van der Waals surface area (Å²) < 4.78 is 62.2. The van der Waals surface area contributed by atoms with Gasteiger partial charge in [0.2, 0.25) is 0 Å². The first-order chi connectivity index (χ1) is 14.3. The number of nitrogens with one attached hydrogen (secondary N) is 1. The first-order valence-electron chi connectivity index (χ1n) is 9.11. The highest BCUT2D eigenvalue weighted by Crippen LogP contribution is 2.27. The average Bonchev–Trinajstić information content (AvgIpc) is 2.63. The van der Waals surface area contributed by atoms with Crippen LogP contribution in [0, 0.1) is 0 Å². The van der Waals surface area contributed by atoms with Gasteiger partial charge in [0.15, 0.2) is 18.5 Å². The van der Waals surface area contributed by atoms with E-state index in [0.717, 1.165) is 20.8 Å². The number of hydrogen-bond donors (Lipinski definition) is 2. The van der Waals surface area contributed by atoms with E-state index in [-0.39, 0.29) is 19.6 Å². The molecule has 1 heterocycles. The smallest absolute Gasteiger partial charge is 0.463 e. The summed E-state index contributed by atoms with van der Waals surface area (Å²) >= 11 is 0. The molecule has 14 heteroatoms. The molecule has 5 atom stereocenters. The van der Waals surface area contributed by atoms with Crippen LogP contribution in [-0.4, -0.2) is 85.6 Å². The number of carbonyl (C=O) groups excluding carboxylic acids is 4. The molecule has 0 saturated carbocycles. The van der Waals surface area contributed by atoms with Crippen LogP contribution in [0.5, 0.6) is 0 Å². The number of halogens is 3. The van der Waals surface area contributed by atoms with E-state index >= 15 is 0 Å². The standard InChI is InChI=1S/C17H24F3NO10/c1-8(22)28-7-11-13(29-9(2)23)12(25)14(30-10(3)24)15(31-11)27-6-4-5-21-16(26)17(18,19)20/h11-15,25H,4-7H2,1-3H3,(H,21,26)/t11-,12+,13+,14-,15-/m1/s1. The number of carbonyl (C=O) groups is 4. The molecule has 0 aromatic heterocycles. The zero-order valence-electron chi connectivity index (χ0n) is 17.0. The van der Waals surface area contributed by atoms with Gasteiger partial charge < -0.3 is 34.1 Å². The Kier molecular flexibility index (Phi) is 10.1. The number of rotatable bonds is 9. The van der Waals surface area contributed by atoms with Crippen molar-refractivity contribution >= 4 is 23.8 Å². The monoisotopic (exact) mass is 459 g/mol. The topological polar surface area (TPSA) is 147 Å². The molecule has 1 aliphatic heterocycles. The lowest BCUT2D eigenvalue weighted by Crippen LogP contribution is -2.61. The van der Waals surface area contributed by atoms with Crippen LogP contribution in [0.25, 0.3) is 0 Å². The molecule has 0 unspecified atom stereocenters. The van der Waals surface area contributed by atoms with Gasteiger partial charge >= 0.3 is 30.0 Å². The summed E-state index contributed by atoms with van der Waals surface area (Å²) in [6.07, 6.45) is -12.2. The van der Waals surface area contributed by atoms with Crippen molar-refractivity contribution in [3.05, 3.63) is 0 Å². The third-order valence-electron chi connectivity index (χ3n) is 3.82. The Morgan fingerprint density at radius 1 is 1.00 bits per heavy atom. The van der Waals surface area contributed by atoms with E-state index in [1.54, 1.807) is 5.32 Å². The zero-order chi connectivity index (χ0) is 23.8. The molecule has 178 valence electrons. The molecule has 0 aromatic rings. The van der Waals surface area contributed by atoms with E-state index in [2.05, 4.69) is 0 Å². The van der Waals surface area contributed by atoms with Crippen molar-refractivity contribution in [1.29, 1.82) is 0 Å². The summed E-state index contributed by atoms with van der Waals surface area (Å²) in [5.41, 5.74) is 0. The number of amides is 1. The van der Waals surface area contributed by atoms with Crippen LogP contribution in [0.3, 0.4) is 0 Å². The number of ether oxygens (including phenoxy) is 5. The molecule has 0 bridgehead atoms. The van der Waals surface area contributed by atoms with Crippen LogP contribution >= 0.6 is 0 Å². The molecule has 1 amide bonds. The second-order valence-electron chi connectivity index (χ2n) is 6.46. The molecule has 31 heavy (non-hydrogen) atoms. The van der Waals surface area contributed by atoms with Gasteiger partial charge in [-0.3, -0.25) is 19.2 Å². The summed E-state index contributed by atoms with van der Waals surface area (Å²) in [4.78, 5) is 44.6. The molecule has 1 saturated heterocycles. The number of alkyl halides is 3. The SMILES string of the molecule is CC(=O)OC[C@H]1O[C@@H](OCCCNC(=O)C(F)(F)F)[C@H](OC(C)=O)[C@@H](O)[C@H]1OC(C)=O. The number of hydrogen-bond acceptors (Lipinski definition) is 10. The van der Waals surface area contributed by atoms with Crippen molar-refractivity contribution in [1.82, 2.24) is 5.32 Å². The van der Waals surface area contributed by atoms with Crippen molar-refractivity contribution in [3.8, 4) is 0 Å². The summed E-state index contributed by atoms with van der Waals surface area (Å²) in [5, 5.41) is 12.2. The van der Waals surface area contributed by atoms with Crippen molar-refractivity contribution < 1.29 is 61.1 Å². The Labute approximate surface area is 175 Å². The minimum Gasteiger partial charge on any atom is -0.463 e. The van der Waals surface area contributed by atoms with E-state index in [1.165, 1.54) is 0 Å². The number of esters is 3. The van der Waals surface area contributed by atoms with Crippen LogP contribution in [0.4, 0.5) is 13.2 Å². The van der Waals surface area contributed by atoms with Crippen LogP contribution in [0.1, 0.15) is 27.2 Å². The molecular weight excluding hydrogens is 435 g/mol. The van der Waals surface area contributed by atoms with Gasteiger partial charge in [0.05, 0.1) is 6.61 Å². The molecule has 1 aliphatic rings. The molecule has 0 aliphatic carbocycles. The molecule has 0 spiro atoms. The van der Waals surface area contributed by atoms with Gasteiger partial charge in [-0.2, -0.15) is 13.2 Å². The minimum absolute atomic E-state index is 0.0768. The van der Waals surface area contributed by atoms with E-state index in [1.807, 2.05) is 0 Å². The van der Waals surface area contributed by atoms with Crippen molar-refractivity contribution in [2.75, 3.05) is 19.8 Å². The second-order valence-corrected chi connectivity index (χ2v) is 6.46. The van der Waals surface area contributed by atoms with Gasteiger partial charge in [0, 0.05) is 27.3 Å². The second kappa shape index (κ2) is 11.8. The van der Waals surface area contributed by atoms with Crippen LogP contribution in [-0.2, 0) is 42.9 Å². The summed E-state index contributed by atoms with van der Waals surface area (Å²) in [6.45, 7) is 2.16. The molecule has 2 N–H and O–H groups in total. The predicted molar refractivity (Wildman–Crippen MR) is 92.0 cm³/mol. The predicted octanol–water partition coefficient (Wildman–Crippen LogP) is -0.416. The zero-order valence-corrected chi connectivity index (χ0v) is 17.0. The highest BCUT2D eigenvalue weighted by Gasteiger charge is 2.50. The van der Waals surface area contributed by atoms with Gasteiger partial charge in [-0.1, -0.05) is 0 Å². The van der Waals surface area contributed by atoms with Crippen LogP contribution in [0.15, 0.2) is 0 Å². The molecular formula is C17H24F3NO10. The van der Waals surface area contributed by atoms with Crippen molar-refractivity contribution in [2.24, 2.45) is 0 Å². The molecule has 0 radical (unpaired) electrons. The maximum atomic E-state index is 12.2. The first-order valence-corrected chi connectivity index (χ1v) is 9.11. The Hall–Kier alpha value is -2.45. The number of aliphatic hydroxyl groups is 1. The maximum Gasteiger partial charge on any atom is 0.471 e. The van der Waals surface area contributed by atoms with E-state index in [4.69, 9.17) is 23.7 Å². The molecule has 1 fully saturated rings. The van der Waals surface area contributed by atoms with E-state index in [9.17, 15) is 37.5 Å². The number of aliphatic hydroxyl groups excluding tert-OH is 1. The van der Waals surface area contributed by atoms with Crippen molar-refractivity contribution in [2.45, 2.75) is 64.1 Å². The molecule has 11 nitrogen and oxygen atoms in total. The lowest BCUT2D eigenvalue weighted by Gasteiger charge is -2.42. The Morgan fingerprint density at radius 2 is 1.58 bits per heavy atom. The third-order valence-corrected chi connectivity index (χ3v) is 3.82. The fourth-order valence-electron chi connectivity index (χ4n) is 2.59. The van der Waals surface area contributed by atoms with Crippen LogP contribution in [0.2, 0.25) is 0 Å². The molecule has 1 rings (SSSR count). The largest absolute Gasteiger partial charge is 0.471 e. The highest BCUT2D eigenvalue weighted by atomic mass is 19.4. The fraction of sp³-hybridized carbons (Fsp3) is 0.765. The Balaban J connectivity index is 2.81. The van der Waals surface area contributed by atoms with E-state index in [0.29, 0.717) is 0 Å². The highest BCUT2D eigenvalue weighted by molar-refractivity contribution is 5.81. The van der Waals surface area contributed by atoms with Gasteiger partial charge in [-0.15, -0.1) is 0 Å². The molecule has 0 aromatic carbocycles. The summed E-state index contributed by atoms with van der Waals surface area (Å²) in [5.74, 6) is -4.40. The van der Waals surface area contributed by atoms with Gasteiger partial charge in [-0.25, -0.2) is 0 Å². The van der Waals surface area contributed by atoms with Crippen LogP contribution < -0.4 is 5.32 Å². The third kappa shape index (κ3) is 9.06. The summed E-state index contributed by atoms with van der Waals surface area (Å²) in [7, 11) is 0. The van der Waals surface area contributed by atoms with Crippen molar-refractivity contribution in [3.63, 3.8) is 0 Å². The van der Waals surface area contributed by atoms with Gasteiger partial charge in [-0.05, 0) is 6.42 Å². The average molecular weight is 459 g/mol. The Bertz CT molecular complexity index is 655. The maximum absolute atomic E-state index is 12.2. The van der Waals surface area contributed by atoms with Gasteiger partial charge in [0.25, 0.3) is 0 Å². The first kappa shape index (κ1) is 26.6. The summed E-state index contributed by atoms with van der Waals surface area (Å²) in [6, 6.07) is 0. The minimum atomic E-state index is -5.02. The lowest BCUT2D eigenvalue weighted by atomic mass is 9.98. The Morgan fingerprint density at radius 3 is 2.10 bits per heavy atom. The normalized spacial score (nSPS) is 26.0. The lowest BCUT2D eigenvalue weighted by molar-refractivity contribution is -0.306. The van der Waals surface area contributed by atoms with Gasteiger partial charge in [0.1, 0.15) is 18.8 Å². The fourth-order valence-corrected chi connectivity index (χ4v) is 2.59.